The van der Waals surface area contributed by atoms with E-state index < -0.39 is 93.1 Å². The molecule has 3 aromatic heterocycles. The summed E-state index contributed by atoms with van der Waals surface area (Å²) < 4.78 is 131. The van der Waals surface area contributed by atoms with E-state index in [1.807, 2.05) is 0 Å². The van der Waals surface area contributed by atoms with Crippen LogP contribution in [0.4, 0.5) is 36.6 Å². The Bertz CT molecular complexity index is 2700. The van der Waals surface area contributed by atoms with Gasteiger partial charge in [-0.2, -0.15) is 32.1 Å². The molecule has 3 aliphatic carbocycles. The van der Waals surface area contributed by atoms with Crippen LogP contribution in [-0.2, 0) is 46.9 Å². The van der Waals surface area contributed by atoms with Crippen LogP contribution in [0.25, 0.3) is 22.0 Å². The third-order valence-electron chi connectivity index (χ3n) is 10.6. The van der Waals surface area contributed by atoms with Crippen LogP contribution in [-0.4, -0.2) is 55.8 Å². The molecule has 0 spiro atoms. The Hall–Kier alpha value is -5.19. The Kier molecular flexibility index (Phi) is 9.36. The Morgan fingerprint density at radius 3 is 2.41 bits per heavy atom. The van der Waals surface area contributed by atoms with Crippen molar-refractivity contribution >= 4 is 44.3 Å². The molecule has 2 saturated carbocycles. The number of pyridine rings is 1. The van der Waals surface area contributed by atoms with Gasteiger partial charge in [-0.05, 0) is 79.8 Å². The zero-order valence-corrected chi connectivity index (χ0v) is 31.9. The average Bonchev–Trinajstić information content (AvgIpc) is 3.64. The van der Waals surface area contributed by atoms with Crippen LogP contribution in [0.2, 0.25) is 5.02 Å². The number of nitrogens with zero attached hydrogens (tertiary/aromatic N) is 5. The van der Waals surface area contributed by atoms with Gasteiger partial charge in [0.25, 0.3) is 5.92 Å². The van der Waals surface area contributed by atoms with Crippen LogP contribution in [0.3, 0.4) is 0 Å². The fourth-order valence-corrected chi connectivity index (χ4v) is 8.58. The van der Waals surface area contributed by atoms with E-state index in [0.29, 0.717) is 29.2 Å². The number of carbonyl (C=O) groups excluding carboxylic acids is 1. The number of sulfonamides is 1. The van der Waals surface area contributed by atoms with Gasteiger partial charge in [-0.15, -0.1) is 0 Å². The van der Waals surface area contributed by atoms with E-state index in [1.165, 1.54) is 23.9 Å². The van der Waals surface area contributed by atoms with Crippen molar-refractivity contribution in [2.75, 3.05) is 11.0 Å². The number of anilines is 1. The summed E-state index contributed by atoms with van der Waals surface area (Å²) in [7, 11) is -2.34. The van der Waals surface area contributed by atoms with E-state index in [4.69, 9.17) is 16.6 Å². The molecule has 58 heavy (non-hydrogen) atoms. The Labute approximate surface area is 330 Å². The Balaban J connectivity index is 1.27. The molecule has 0 radical (unpaired) electrons. The number of rotatable bonds is 9. The molecule has 3 aliphatic rings. The van der Waals surface area contributed by atoms with Crippen molar-refractivity contribution < 1.29 is 49.1 Å². The highest BCUT2D eigenvalue weighted by molar-refractivity contribution is 7.92. The minimum absolute atomic E-state index is 0.00296. The third kappa shape index (κ3) is 7.26. The number of fused-ring (bicyclic) bond motifs is 4. The van der Waals surface area contributed by atoms with Crippen LogP contribution < -0.4 is 10.0 Å². The first kappa shape index (κ1) is 39.6. The number of carbonyl (C=O) groups is 1. The van der Waals surface area contributed by atoms with Gasteiger partial charge in [0.2, 0.25) is 15.9 Å². The summed E-state index contributed by atoms with van der Waals surface area (Å²) in [6, 6.07) is 7.28. The van der Waals surface area contributed by atoms with E-state index in [-0.39, 0.29) is 50.7 Å². The molecule has 0 saturated heterocycles. The molecule has 0 unspecified atom stereocenters. The van der Waals surface area contributed by atoms with Gasteiger partial charge in [-0.25, -0.2) is 22.2 Å². The second-order valence-corrected chi connectivity index (χ2v) is 17.0. The first-order chi connectivity index (χ1) is 27.1. The molecular weight excluding hydrogens is 819 g/mol. The fraction of sp³-hybridized carbons (Fsp3) is 0.368. The molecular formula is C38H31ClF7N7O4S. The Morgan fingerprint density at radius 2 is 1.78 bits per heavy atom. The van der Waals surface area contributed by atoms with Crippen molar-refractivity contribution in [1.29, 1.82) is 0 Å². The number of hydrogen-bond acceptors (Lipinski definition) is 7. The van der Waals surface area contributed by atoms with Crippen LogP contribution >= 0.6 is 11.6 Å². The third-order valence-corrected chi connectivity index (χ3v) is 11.4. The molecule has 2 fully saturated rings. The molecule has 3 N–H and O–H groups in total. The molecule has 1 amide bonds. The zero-order chi connectivity index (χ0) is 41.7. The van der Waals surface area contributed by atoms with E-state index in [1.54, 1.807) is 12.1 Å². The SMILES string of the molecule is Cn1nc(NS(C)(=O)=O)c2c(Cl)ccc(-c3ccc(C#CC4(O)CCC4)nc3[C@H](Cc3cc(F)cc(F)c3)NC(=O)Cn3nc(C(F)(F)F)c4c3C(F)(F)[C@@H]3C[C@H]43)c21. The summed E-state index contributed by atoms with van der Waals surface area (Å²) in [5, 5.41) is 21.3. The molecule has 3 heterocycles. The van der Waals surface area contributed by atoms with Crippen LogP contribution in [0.15, 0.2) is 42.5 Å². The lowest BCUT2D eigenvalue weighted by atomic mass is 9.81. The summed E-state index contributed by atoms with van der Waals surface area (Å²) in [5.41, 5.74) is -3.51. The summed E-state index contributed by atoms with van der Waals surface area (Å²) in [4.78, 5) is 18.7. The van der Waals surface area contributed by atoms with Gasteiger partial charge in [-0.1, -0.05) is 23.6 Å². The lowest BCUT2D eigenvalue weighted by molar-refractivity contribution is -0.142. The second kappa shape index (κ2) is 13.7. The monoisotopic (exact) mass is 849 g/mol. The maximum absolute atomic E-state index is 15.4. The lowest BCUT2D eigenvalue weighted by Crippen LogP contribution is -2.35. The van der Waals surface area contributed by atoms with Crippen LogP contribution in [0.5, 0.6) is 0 Å². The van der Waals surface area contributed by atoms with Gasteiger partial charge in [0.1, 0.15) is 35.2 Å². The number of aryl methyl sites for hydroxylation is 1. The number of benzene rings is 2. The maximum Gasteiger partial charge on any atom is 0.435 e. The first-order valence-corrected chi connectivity index (χ1v) is 20.1. The van der Waals surface area contributed by atoms with Crippen molar-refractivity contribution in [1.82, 2.24) is 29.9 Å². The average molecular weight is 850 g/mol. The van der Waals surface area contributed by atoms with Crippen molar-refractivity contribution in [3.8, 4) is 23.0 Å². The van der Waals surface area contributed by atoms with E-state index in [0.717, 1.165) is 24.8 Å². The quantitative estimate of drug-likeness (QED) is 0.110. The highest BCUT2D eigenvalue weighted by Gasteiger charge is 2.68. The summed E-state index contributed by atoms with van der Waals surface area (Å²) in [6.07, 6.45) is -3.14. The van der Waals surface area contributed by atoms with Gasteiger partial charge in [0.05, 0.1) is 33.9 Å². The number of hydrogen-bond donors (Lipinski definition) is 3. The minimum atomic E-state index is -5.08. The molecule has 5 aromatic rings. The van der Waals surface area contributed by atoms with Crippen LogP contribution in [0, 0.1) is 29.4 Å². The number of nitrogens with one attached hydrogen (secondary N) is 2. The molecule has 0 bridgehead atoms. The number of amides is 1. The summed E-state index contributed by atoms with van der Waals surface area (Å²) in [6.45, 7) is -1.09. The van der Waals surface area contributed by atoms with Gasteiger partial charge in [-0.3, -0.25) is 18.9 Å². The van der Waals surface area contributed by atoms with Crippen molar-refractivity contribution in [3.05, 3.63) is 93.0 Å². The number of alkyl halides is 5. The fourth-order valence-electron chi connectivity index (χ4n) is 7.85. The second-order valence-electron chi connectivity index (χ2n) is 14.9. The Morgan fingerprint density at radius 1 is 1.09 bits per heavy atom. The largest absolute Gasteiger partial charge is 0.435 e. The number of aromatic nitrogens is 5. The van der Waals surface area contributed by atoms with E-state index in [2.05, 4.69) is 32.1 Å². The highest BCUT2D eigenvalue weighted by Crippen LogP contribution is 2.68. The van der Waals surface area contributed by atoms with Gasteiger partial charge in [0.15, 0.2) is 11.5 Å². The predicted octanol–water partition coefficient (Wildman–Crippen LogP) is 6.73. The lowest BCUT2D eigenvalue weighted by Gasteiger charge is -2.30. The van der Waals surface area contributed by atoms with Crippen molar-refractivity contribution in [2.24, 2.45) is 13.0 Å². The molecule has 8 rings (SSSR count). The number of aliphatic hydroxyl groups is 1. The minimum Gasteiger partial charge on any atom is -0.378 e. The van der Waals surface area contributed by atoms with Crippen molar-refractivity contribution in [3.63, 3.8) is 0 Å². The molecule has 304 valence electrons. The topological polar surface area (TPSA) is 144 Å². The summed E-state index contributed by atoms with van der Waals surface area (Å²) >= 11 is 6.57. The maximum atomic E-state index is 15.4. The molecule has 3 atom stereocenters. The van der Waals surface area contributed by atoms with Crippen molar-refractivity contribution in [2.45, 2.75) is 68.3 Å². The molecule has 11 nitrogen and oxygen atoms in total. The van der Waals surface area contributed by atoms with Gasteiger partial charge < -0.3 is 10.4 Å². The molecule has 2 aromatic carbocycles. The smallest absolute Gasteiger partial charge is 0.378 e. The highest BCUT2D eigenvalue weighted by atomic mass is 35.5. The zero-order valence-electron chi connectivity index (χ0n) is 30.4. The normalized spacial score (nSPS) is 19.4. The van der Waals surface area contributed by atoms with Crippen LogP contribution in [0.1, 0.15) is 71.5 Å². The van der Waals surface area contributed by atoms with Gasteiger partial charge in [0, 0.05) is 35.7 Å². The molecule has 0 aliphatic heterocycles. The number of halogens is 8. The predicted molar refractivity (Wildman–Crippen MR) is 196 cm³/mol. The van der Waals surface area contributed by atoms with Gasteiger partial charge >= 0.3 is 6.18 Å². The summed E-state index contributed by atoms with van der Waals surface area (Å²) in [5.74, 6) is -3.62. The molecule has 20 heteroatoms. The standard InChI is InChI=1S/C38H31ClF7N7O4S/c1-52-32-23(6-7-26(39)30(32)35(50-52)51-58(2,56)57)22-5-4-21(8-11-36(55)9-3-10-36)47-31(22)27(14-18-12-19(40)15-20(41)13-18)48-28(54)17-53-34-29(33(49-53)38(44,45)46)24-16-25(24)37(34,42)43/h4-7,12-13,15,24-25,27,55H,3,9-10,14,16-17H2,1-2H3,(H,48,54)(H,50,51)/t24-,25+,27-/m0/s1. The first-order valence-electron chi connectivity index (χ1n) is 17.8. The van der Waals surface area contributed by atoms with E-state index in [9.17, 15) is 40.3 Å². The van der Waals surface area contributed by atoms with E-state index >= 15 is 8.78 Å².